The molecule has 3 rings (SSSR count). The Morgan fingerprint density at radius 3 is 2.43 bits per heavy atom. The summed E-state index contributed by atoms with van der Waals surface area (Å²) >= 11 is 0. The van der Waals surface area contributed by atoms with Crippen molar-refractivity contribution in [3.05, 3.63) is 29.8 Å². The second kappa shape index (κ2) is 8.39. The Balaban J connectivity index is 1.70. The van der Waals surface area contributed by atoms with Gasteiger partial charge in [-0.05, 0) is 19.1 Å². The molecule has 1 aromatic carbocycles. The van der Waals surface area contributed by atoms with Gasteiger partial charge in [0.15, 0.2) is 0 Å². The number of hydrogen-bond acceptors (Lipinski definition) is 6. The van der Waals surface area contributed by atoms with Crippen LogP contribution in [0.25, 0.3) is 0 Å². The van der Waals surface area contributed by atoms with E-state index in [2.05, 4.69) is 0 Å². The van der Waals surface area contributed by atoms with E-state index in [-0.39, 0.29) is 31.0 Å². The minimum absolute atomic E-state index is 0.0364. The average Bonchev–Trinajstić information content (AvgIpc) is 2.77. The van der Waals surface area contributed by atoms with Crippen molar-refractivity contribution in [2.24, 2.45) is 0 Å². The highest BCUT2D eigenvalue weighted by molar-refractivity contribution is 6.21. The molecule has 1 aromatic rings. The monoisotopic (exact) mass is 388 g/mol. The SMILES string of the molecule is CCOC(=O)N1CCN(CC(=O)N2C(=O)CN(C)C(=O)c3ccccc32)CC1. The zero-order valence-corrected chi connectivity index (χ0v) is 16.1. The van der Waals surface area contributed by atoms with Gasteiger partial charge in [-0.25, -0.2) is 9.69 Å². The molecule has 2 heterocycles. The van der Waals surface area contributed by atoms with Crippen molar-refractivity contribution in [2.45, 2.75) is 6.92 Å². The molecule has 4 amide bonds. The number of para-hydroxylation sites is 1. The standard InChI is InChI=1S/C19H24N4O5/c1-3-28-19(27)22-10-8-21(9-11-22)13-17(25)23-15-7-5-4-6-14(15)18(26)20(2)12-16(23)24/h4-7H,3,8-13H2,1-2H3. The normalized spacial score (nSPS) is 18.0. The molecule has 0 spiro atoms. The molecule has 0 radical (unpaired) electrons. The number of anilines is 1. The Bertz CT molecular complexity index is 788. The van der Waals surface area contributed by atoms with Gasteiger partial charge in [0.2, 0.25) is 5.91 Å². The molecule has 2 aliphatic heterocycles. The second-order valence-electron chi connectivity index (χ2n) is 6.76. The number of carbonyl (C=O) groups is 4. The maximum Gasteiger partial charge on any atom is 0.409 e. The third-order valence-corrected chi connectivity index (χ3v) is 4.85. The first-order valence-corrected chi connectivity index (χ1v) is 9.26. The molecule has 0 atom stereocenters. The minimum atomic E-state index is -0.434. The van der Waals surface area contributed by atoms with Crippen molar-refractivity contribution in [1.82, 2.24) is 14.7 Å². The molecule has 2 aliphatic rings. The summed E-state index contributed by atoms with van der Waals surface area (Å²) in [7, 11) is 1.54. The number of carbonyl (C=O) groups excluding carboxylic acids is 4. The van der Waals surface area contributed by atoms with Gasteiger partial charge >= 0.3 is 6.09 Å². The number of imide groups is 1. The zero-order valence-electron chi connectivity index (χ0n) is 16.1. The number of amides is 4. The van der Waals surface area contributed by atoms with E-state index in [9.17, 15) is 19.2 Å². The van der Waals surface area contributed by atoms with Gasteiger partial charge in [-0.1, -0.05) is 12.1 Å². The summed E-state index contributed by atoms with van der Waals surface area (Å²) in [5.41, 5.74) is 0.647. The van der Waals surface area contributed by atoms with Crippen LogP contribution in [0, 0.1) is 0 Å². The summed E-state index contributed by atoms with van der Waals surface area (Å²) in [5.74, 6) is -1.11. The number of likely N-dealkylation sites (N-methyl/N-ethyl adjacent to an activating group) is 1. The molecule has 0 aromatic heterocycles. The summed E-state index contributed by atoms with van der Waals surface area (Å²) in [6.45, 7) is 3.88. The number of benzene rings is 1. The second-order valence-corrected chi connectivity index (χ2v) is 6.76. The molecule has 1 saturated heterocycles. The maximum atomic E-state index is 13.0. The van der Waals surface area contributed by atoms with Gasteiger partial charge in [-0.2, -0.15) is 0 Å². The van der Waals surface area contributed by atoms with E-state index in [4.69, 9.17) is 4.74 Å². The molecule has 28 heavy (non-hydrogen) atoms. The number of hydrogen-bond donors (Lipinski definition) is 0. The lowest BCUT2D eigenvalue weighted by Crippen LogP contribution is -2.52. The Labute approximate surface area is 163 Å². The molecule has 9 heteroatoms. The smallest absolute Gasteiger partial charge is 0.409 e. The highest BCUT2D eigenvalue weighted by atomic mass is 16.6. The average molecular weight is 388 g/mol. The van der Waals surface area contributed by atoms with Gasteiger partial charge < -0.3 is 14.5 Å². The molecule has 0 unspecified atom stereocenters. The summed E-state index contributed by atoms with van der Waals surface area (Å²) in [6, 6.07) is 6.63. The van der Waals surface area contributed by atoms with Crippen LogP contribution in [0.2, 0.25) is 0 Å². The van der Waals surface area contributed by atoms with E-state index in [0.29, 0.717) is 44.0 Å². The molecule has 0 saturated carbocycles. The van der Waals surface area contributed by atoms with Crippen LogP contribution < -0.4 is 4.90 Å². The van der Waals surface area contributed by atoms with Crippen LogP contribution in [-0.4, -0.2) is 91.4 Å². The summed E-state index contributed by atoms with van der Waals surface area (Å²) in [5, 5.41) is 0. The highest BCUT2D eigenvalue weighted by Crippen LogP contribution is 2.25. The van der Waals surface area contributed by atoms with Gasteiger partial charge in [-0.3, -0.25) is 19.3 Å². The van der Waals surface area contributed by atoms with Gasteiger partial charge in [0.05, 0.1) is 24.4 Å². The minimum Gasteiger partial charge on any atom is -0.450 e. The molecular weight excluding hydrogens is 364 g/mol. The predicted octanol–water partition coefficient (Wildman–Crippen LogP) is 0.406. The fourth-order valence-electron chi connectivity index (χ4n) is 3.37. The highest BCUT2D eigenvalue weighted by Gasteiger charge is 2.34. The van der Waals surface area contributed by atoms with Gasteiger partial charge in [-0.15, -0.1) is 0 Å². The van der Waals surface area contributed by atoms with Crippen LogP contribution in [-0.2, 0) is 14.3 Å². The lowest BCUT2D eigenvalue weighted by atomic mass is 10.1. The fourth-order valence-corrected chi connectivity index (χ4v) is 3.37. The molecule has 9 nitrogen and oxygen atoms in total. The third kappa shape index (κ3) is 3.99. The number of piperazine rings is 1. The first-order chi connectivity index (χ1) is 13.4. The number of fused-ring (bicyclic) bond motifs is 1. The van der Waals surface area contributed by atoms with E-state index >= 15 is 0 Å². The van der Waals surface area contributed by atoms with Gasteiger partial charge in [0.25, 0.3) is 11.8 Å². The number of ether oxygens (including phenoxy) is 1. The van der Waals surface area contributed by atoms with Crippen molar-refractivity contribution in [1.29, 1.82) is 0 Å². The number of rotatable bonds is 3. The van der Waals surface area contributed by atoms with Crippen LogP contribution in [0.5, 0.6) is 0 Å². The van der Waals surface area contributed by atoms with Crippen molar-refractivity contribution in [3.8, 4) is 0 Å². The van der Waals surface area contributed by atoms with Crippen LogP contribution >= 0.6 is 0 Å². The van der Waals surface area contributed by atoms with Crippen LogP contribution in [0.1, 0.15) is 17.3 Å². The Morgan fingerprint density at radius 1 is 1.07 bits per heavy atom. The summed E-state index contributed by atoms with van der Waals surface area (Å²) in [4.78, 5) is 55.8. The van der Waals surface area contributed by atoms with Crippen molar-refractivity contribution in [3.63, 3.8) is 0 Å². The van der Waals surface area contributed by atoms with E-state index in [1.165, 1.54) is 4.90 Å². The quantitative estimate of drug-likeness (QED) is 0.745. The van der Waals surface area contributed by atoms with Crippen LogP contribution in [0.15, 0.2) is 24.3 Å². The molecule has 1 fully saturated rings. The van der Waals surface area contributed by atoms with Crippen molar-refractivity contribution >= 4 is 29.5 Å². The Kier molecular flexibility index (Phi) is 5.93. The third-order valence-electron chi connectivity index (χ3n) is 4.85. The topological polar surface area (TPSA) is 90.5 Å². The van der Waals surface area contributed by atoms with Gasteiger partial charge in [0, 0.05) is 33.2 Å². The number of nitrogens with zero attached hydrogens (tertiary/aromatic N) is 4. The molecular formula is C19H24N4O5. The maximum absolute atomic E-state index is 13.0. The molecule has 150 valence electrons. The first kappa shape index (κ1) is 19.8. The van der Waals surface area contributed by atoms with E-state index in [0.717, 1.165) is 4.90 Å². The van der Waals surface area contributed by atoms with E-state index < -0.39 is 5.91 Å². The van der Waals surface area contributed by atoms with E-state index in [1.807, 2.05) is 4.90 Å². The lowest BCUT2D eigenvalue weighted by molar-refractivity contribution is -0.127. The molecule has 0 bridgehead atoms. The summed E-state index contributed by atoms with van der Waals surface area (Å²) < 4.78 is 4.99. The Hall–Kier alpha value is -2.94. The fraction of sp³-hybridized carbons (Fsp3) is 0.474. The van der Waals surface area contributed by atoms with Crippen LogP contribution in [0.3, 0.4) is 0 Å². The largest absolute Gasteiger partial charge is 0.450 e. The van der Waals surface area contributed by atoms with Gasteiger partial charge in [0.1, 0.15) is 6.54 Å². The predicted molar refractivity (Wildman–Crippen MR) is 101 cm³/mol. The van der Waals surface area contributed by atoms with Crippen molar-refractivity contribution < 1.29 is 23.9 Å². The van der Waals surface area contributed by atoms with E-state index in [1.54, 1.807) is 43.1 Å². The van der Waals surface area contributed by atoms with Crippen molar-refractivity contribution in [2.75, 3.05) is 57.8 Å². The molecule has 0 aliphatic carbocycles. The Morgan fingerprint density at radius 2 is 1.75 bits per heavy atom. The van der Waals surface area contributed by atoms with Crippen LogP contribution in [0.4, 0.5) is 10.5 Å². The molecule has 0 N–H and O–H groups in total. The summed E-state index contributed by atoms with van der Waals surface area (Å²) in [6.07, 6.45) is -0.355. The lowest BCUT2D eigenvalue weighted by Gasteiger charge is -2.34. The zero-order chi connectivity index (χ0) is 20.3. The first-order valence-electron chi connectivity index (χ1n) is 9.26.